The lowest BCUT2D eigenvalue weighted by Gasteiger charge is -2.33. The summed E-state index contributed by atoms with van der Waals surface area (Å²) in [5, 5.41) is 2.87. The minimum Gasteiger partial charge on any atom is -0.378 e. The Morgan fingerprint density at radius 1 is 1.20 bits per heavy atom. The molecule has 2 aliphatic rings. The molecule has 6 heteroatoms. The number of hydrogen-bond acceptors (Lipinski definition) is 3. The van der Waals surface area contributed by atoms with Gasteiger partial charge in [0.25, 0.3) is 5.91 Å². The van der Waals surface area contributed by atoms with Gasteiger partial charge in [-0.25, -0.2) is 4.79 Å². The second-order valence-electron chi connectivity index (χ2n) is 6.65. The molecular formula is C19H27N3O3. The molecule has 3 rings (SSSR count). The van der Waals surface area contributed by atoms with E-state index < -0.39 is 0 Å². The molecule has 1 unspecified atom stereocenters. The van der Waals surface area contributed by atoms with Gasteiger partial charge in [-0.15, -0.1) is 0 Å². The Labute approximate surface area is 149 Å². The lowest BCUT2D eigenvalue weighted by Crippen LogP contribution is -2.44. The third-order valence-electron chi connectivity index (χ3n) is 4.94. The van der Waals surface area contributed by atoms with E-state index in [1.165, 1.54) is 0 Å². The fourth-order valence-electron chi connectivity index (χ4n) is 3.57. The smallest absolute Gasteiger partial charge is 0.317 e. The maximum absolute atomic E-state index is 12.7. The Balaban J connectivity index is 1.70. The molecule has 25 heavy (non-hydrogen) atoms. The highest BCUT2D eigenvalue weighted by Gasteiger charge is 2.25. The number of likely N-dealkylation sites (tertiary alicyclic amines) is 1. The fourth-order valence-corrected chi connectivity index (χ4v) is 3.57. The number of rotatable bonds is 3. The number of amides is 3. The van der Waals surface area contributed by atoms with Gasteiger partial charge in [-0.1, -0.05) is 12.1 Å². The Hall–Kier alpha value is -2.08. The summed E-state index contributed by atoms with van der Waals surface area (Å²) in [5.74, 6) is 0.357. The summed E-state index contributed by atoms with van der Waals surface area (Å²) >= 11 is 0. The van der Waals surface area contributed by atoms with Crippen LogP contribution in [-0.2, 0) is 4.74 Å². The van der Waals surface area contributed by atoms with Crippen molar-refractivity contribution in [3.05, 3.63) is 35.4 Å². The number of urea groups is 1. The van der Waals surface area contributed by atoms with Crippen molar-refractivity contribution in [2.75, 3.05) is 45.9 Å². The third kappa shape index (κ3) is 4.31. The van der Waals surface area contributed by atoms with E-state index in [0.717, 1.165) is 30.5 Å². The van der Waals surface area contributed by atoms with Gasteiger partial charge >= 0.3 is 6.03 Å². The first-order chi connectivity index (χ1) is 12.2. The van der Waals surface area contributed by atoms with Gasteiger partial charge in [0.1, 0.15) is 0 Å². The largest absolute Gasteiger partial charge is 0.378 e. The summed E-state index contributed by atoms with van der Waals surface area (Å²) in [7, 11) is 0. The summed E-state index contributed by atoms with van der Waals surface area (Å²) in [6.07, 6.45) is 2.04. The molecule has 3 amide bonds. The van der Waals surface area contributed by atoms with Crippen LogP contribution in [0.15, 0.2) is 24.3 Å². The number of benzene rings is 1. The van der Waals surface area contributed by atoms with Crippen molar-refractivity contribution in [1.29, 1.82) is 0 Å². The highest BCUT2D eigenvalue weighted by Crippen LogP contribution is 2.27. The van der Waals surface area contributed by atoms with Gasteiger partial charge in [0.05, 0.1) is 13.2 Å². The summed E-state index contributed by atoms with van der Waals surface area (Å²) in [4.78, 5) is 28.5. The minimum atomic E-state index is 0.00717. The van der Waals surface area contributed by atoms with Crippen molar-refractivity contribution in [2.24, 2.45) is 0 Å². The SMILES string of the molecule is CCNC(=O)N1CCCC(c2cccc(C(=O)N3CCOCC3)c2)C1. The third-order valence-corrected chi connectivity index (χ3v) is 4.94. The number of nitrogens with one attached hydrogen (secondary N) is 1. The zero-order chi connectivity index (χ0) is 17.6. The maximum Gasteiger partial charge on any atom is 0.317 e. The van der Waals surface area contributed by atoms with Crippen LogP contribution in [0.5, 0.6) is 0 Å². The van der Waals surface area contributed by atoms with Gasteiger partial charge in [0, 0.05) is 44.2 Å². The standard InChI is InChI=1S/C19H27N3O3/c1-2-20-19(24)22-8-4-7-17(14-22)15-5-3-6-16(13-15)18(23)21-9-11-25-12-10-21/h3,5-6,13,17H,2,4,7-12,14H2,1H3,(H,20,24). The van der Waals surface area contributed by atoms with E-state index in [2.05, 4.69) is 11.4 Å². The second kappa shape index (κ2) is 8.34. The summed E-state index contributed by atoms with van der Waals surface area (Å²) in [6.45, 7) is 6.60. The molecule has 0 aliphatic carbocycles. The molecule has 0 bridgehead atoms. The number of hydrogen-bond donors (Lipinski definition) is 1. The average molecular weight is 345 g/mol. The molecule has 2 saturated heterocycles. The molecule has 1 aromatic rings. The second-order valence-corrected chi connectivity index (χ2v) is 6.65. The Bertz CT molecular complexity index is 614. The monoisotopic (exact) mass is 345 g/mol. The molecule has 0 radical (unpaired) electrons. The first kappa shape index (κ1) is 17.7. The van der Waals surface area contributed by atoms with Crippen LogP contribution in [-0.4, -0.2) is 67.7 Å². The van der Waals surface area contributed by atoms with Crippen LogP contribution < -0.4 is 5.32 Å². The number of carbonyl (C=O) groups is 2. The highest BCUT2D eigenvalue weighted by atomic mass is 16.5. The number of nitrogens with zero attached hydrogens (tertiary/aromatic N) is 2. The van der Waals surface area contributed by atoms with Crippen molar-refractivity contribution in [2.45, 2.75) is 25.7 Å². The van der Waals surface area contributed by atoms with Crippen molar-refractivity contribution < 1.29 is 14.3 Å². The molecule has 1 aromatic carbocycles. The first-order valence-electron chi connectivity index (χ1n) is 9.18. The van der Waals surface area contributed by atoms with E-state index in [1.807, 2.05) is 34.9 Å². The molecule has 6 nitrogen and oxygen atoms in total. The number of piperidine rings is 1. The van der Waals surface area contributed by atoms with E-state index in [1.54, 1.807) is 0 Å². The average Bonchev–Trinajstić information content (AvgIpc) is 2.68. The van der Waals surface area contributed by atoms with Crippen molar-refractivity contribution in [1.82, 2.24) is 15.1 Å². The van der Waals surface area contributed by atoms with E-state index >= 15 is 0 Å². The fraction of sp³-hybridized carbons (Fsp3) is 0.579. The summed E-state index contributed by atoms with van der Waals surface area (Å²) in [5.41, 5.74) is 1.88. The number of morpholine rings is 1. The Morgan fingerprint density at radius 2 is 2.00 bits per heavy atom. The van der Waals surface area contributed by atoms with E-state index in [0.29, 0.717) is 39.4 Å². The zero-order valence-corrected chi connectivity index (χ0v) is 14.9. The molecular weight excluding hydrogens is 318 g/mol. The van der Waals surface area contributed by atoms with Crippen LogP contribution in [0.2, 0.25) is 0 Å². The zero-order valence-electron chi connectivity index (χ0n) is 14.9. The highest BCUT2D eigenvalue weighted by molar-refractivity contribution is 5.94. The Kier molecular flexibility index (Phi) is 5.91. The van der Waals surface area contributed by atoms with Crippen LogP contribution in [0, 0.1) is 0 Å². The maximum atomic E-state index is 12.7. The van der Waals surface area contributed by atoms with Crippen molar-refractivity contribution in [3.63, 3.8) is 0 Å². The molecule has 0 spiro atoms. The molecule has 0 saturated carbocycles. The van der Waals surface area contributed by atoms with E-state index in [-0.39, 0.29) is 17.9 Å². The van der Waals surface area contributed by atoms with Gasteiger partial charge in [-0.2, -0.15) is 0 Å². The van der Waals surface area contributed by atoms with Crippen LogP contribution in [0.1, 0.15) is 41.6 Å². The molecule has 2 fully saturated rings. The molecule has 136 valence electrons. The summed E-state index contributed by atoms with van der Waals surface area (Å²) in [6, 6.07) is 7.92. The quantitative estimate of drug-likeness (QED) is 0.912. The van der Waals surface area contributed by atoms with E-state index in [9.17, 15) is 9.59 Å². The normalized spacial score (nSPS) is 21.1. The van der Waals surface area contributed by atoms with Crippen LogP contribution in [0.3, 0.4) is 0 Å². The van der Waals surface area contributed by atoms with Crippen LogP contribution in [0.25, 0.3) is 0 Å². The van der Waals surface area contributed by atoms with Crippen LogP contribution >= 0.6 is 0 Å². The van der Waals surface area contributed by atoms with E-state index in [4.69, 9.17) is 4.74 Å². The molecule has 0 aromatic heterocycles. The van der Waals surface area contributed by atoms with Gasteiger partial charge in [-0.3, -0.25) is 4.79 Å². The lowest BCUT2D eigenvalue weighted by atomic mass is 9.89. The molecule has 2 aliphatic heterocycles. The number of carbonyl (C=O) groups excluding carboxylic acids is 2. The van der Waals surface area contributed by atoms with Gasteiger partial charge < -0.3 is 19.9 Å². The topological polar surface area (TPSA) is 61.9 Å². The molecule has 2 heterocycles. The predicted molar refractivity (Wildman–Crippen MR) is 95.8 cm³/mol. The number of ether oxygens (including phenoxy) is 1. The predicted octanol–water partition coefficient (Wildman–Crippen LogP) is 2.07. The van der Waals surface area contributed by atoms with Gasteiger partial charge in [0.2, 0.25) is 0 Å². The van der Waals surface area contributed by atoms with Crippen LogP contribution in [0.4, 0.5) is 4.79 Å². The summed E-state index contributed by atoms with van der Waals surface area (Å²) < 4.78 is 5.32. The molecule has 1 atom stereocenters. The van der Waals surface area contributed by atoms with Crippen molar-refractivity contribution in [3.8, 4) is 0 Å². The van der Waals surface area contributed by atoms with Crippen molar-refractivity contribution >= 4 is 11.9 Å². The van der Waals surface area contributed by atoms with Gasteiger partial charge in [0.15, 0.2) is 0 Å². The lowest BCUT2D eigenvalue weighted by molar-refractivity contribution is 0.0303. The minimum absolute atomic E-state index is 0.00717. The first-order valence-corrected chi connectivity index (χ1v) is 9.18. The molecule has 1 N–H and O–H groups in total. The Morgan fingerprint density at radius 3 is 2.76 bits per heavy atom. The van der Waals surface area contributed by atoms with Gasteiger partial charge in [-0.05, 0) is 37.5 Å².